The first-order chi connectivity index (χ1) is 14.9. The maximum absolute atomic E-state index is 13.4. The average molecular weight is 437 g/mol. The lowest BCUT2D eigenvalue weighted by Crippen LogP contribution is -2.29. The summed E-state index contributed by atoms with van der Waals surface area (Å²) in [5, 5.41) is 3.32. The van der Waals surface area contributed by atoms with Crippen LogP contribution in [-0.4, -0.2) is 26.2 Å². The first-order valence-corrected chi connectivity index (χ1v) is 10.8. The normalized spacial score (nSPS) is 12.1. The number of H-pyrrole nitrogens is 1. The molecule has 0 spiro atoms. The summed E-state index contributed by atoms with van der Waals surface area (Å²) in [6.45, 7) is 3.76. The zero-order valence-electron chi connectivity index (χ0n) is 17.1. The maximum atomic E-state index is 13.4. The van der Waals surface area contributed by atoms with Gasteiger partial charge in [-0.2, -0.15) is 0 Å². The second-order valence-electron chi connectivity index (χ2n) is 7.21. The van der Waals surface area contributed by atoms with E-state index in [9.17, 15) is 14.0 Å². The van der Waals surface area contributed by atoms with E-state index in [-0.39, 0.29) is 23.3 Å². The Labute approximate surface area is 182 Å². The highest BCUT2D eigenvalue weighted by Crippen LogP contribution is 2.22. The molecule has 6 nitrogen and oxygen atoms in total. The number of aryl methyl sites for hydroxylation is 1. The van der Waals surface area contributed by atoms with Crippen molar-refractivity contribution in [1.82, 2.24) is 19.9 Å². The number of amides is 1. The van der Waals surface area contributed by atoms with E-state index in [1.807, 2.05) is 44.2 Å². The van der Waals surface area contributed by atoms with Gasteiger partial charge in [0.1, 0.15) is 11.3 Å². The Bertz CT molecular complexity index is 1280. The van der Waals surface area contributed by atoms with Gasteiger partial charge in [0.05, 0.1) is 23.0 Å². The number of carbonyl (C=O) groups is 1. The van der Waals surface area contributed by atoms with Gasteiger partial charge in [0, 0.05) is 5.69 Å². The molecule has 4 rings (SSSR count). The number of halogens is 1. The van der Waals surface area contributed by atoms with E-state index >= 15 is 0 Å². The van der Waals surface area contributed by atoms with Gasteiger partial charge < -0.3 is 10.3 Å². The van der Waals surface area contributed by atoms with Crippen LogP contribution in [-0.2, 0) is 4.79 Å². The van der Waals surface area contributed by atoms with E-state index < -0.39 is 5.82 Å². The molecule has 2 aromatic carbocycles. The Morgan fingerprint density at radius 1 is 1.19 bits per heavy atom. The fourth-order valence-corrected chi connectivity index (χ4v) is 4.15. The van der Waals surface area contributed by atoms with E-state index in [0.29, 0.717) is 21.9 Å². The molecule has 0 saturated carbocycles. The first kappa shape index (κ1) is 20.9. The monoisotopic (exact) mass is 436 g/mol. The van der Waals surface area contributed by atoms with Gasteiger partial charge in [0.2, 0.25) is 5.91 Å². The average Bonchev–Trinajstić information content (AvgIpc) is 3.14. The highest BCUT2D eigenvalue weighted by molar-refractivity contribution is 7.99. The van der Waals surface area contributed by atoms with Crippen molar-refractivity contribution in [3.05, 3.63) is 88.1 Å². The van der Waals surface area contributed by atoms with Gasteiger partial charge >= 0.3 is 0 Å². The third-order valence-corrected chi connectivity index (χ3v) is 5.79. The summed E-state index contributed by atoms with van der Waals surface area (Å²) in [6, 6.07) is 16.9. The topological polar surface area (TPSA) is 79.8 Å². The van der Waals surface area contributed by atoms with Gasteiger partial charge in [-0.15, -0.1) is 0 Å². The van der Waals surface area contributed by atoms with Crippen molar-refractivity contribution in [3.8, 4) is 5.69 Å². The van der Waals surface area contributed by atoms with Crippen LogP contribution >= 0.6 is 11.8 Å². The van der Waals surface area contributed by atoms with E-state index in [2.05, 4.69) is 15.3 Å². The molecule has 0 unspecified atom stereocenters. The summed E-state index contributed by atoms with van der Waals surface area (Å²) in [4.78, 5) is 33.3. The second-order valence-corrected chi connectivity index (χ2v) is 8.16. The minimum Gasteiger partial charge on any atom is -0.353 e. The number of aromatic nitrogens is 3. The number of nitrogens with zero attached hydrogens (tertiary/aromatic N) is 2. The number of hydrogen-bond donors (Lipinski definition) is 2. The van der Waals surface area contributed by atoms with Crippen LogP contribution in [0, 0.1) is 12.7 Å². The van der Waals surface area contributed by atoms with Crippen molar-refractivity contribution in [2.24, 2.45) is 0 Å². The number of benzene rings is 2. The number of hydrogen-bond acceptors (Lipinski definition) is 4. The molecule has 0 aliphatic carbocycles. The van der Waals surface area contributed by atoms with Gasteiger partial charge in [-0.25, -0.2) is 9.37 Å². The molecular formula is C23H21FN4O2S. The van der Waals surface area contributed by atoms with Crippen LogP contribution in [0.3, 0.4) is 0 Å². The molecular weight excluding hydrogens is 415 g/mol. The maximum Gasteiger partial charge on any atom is 0.283 e. The van der Waals surface area contributed by atoms with E-state index in [4.69, 9.17) is 0 Å². The van der Waals surface area contributed by atoms with Crippen LogP contribution in [0.4, 0.5) is 4.39 Å². The fourth-order valence-electron chi connectivity index (χ4n) is 3.33. The Balaban J connectivity index is 1.62. The molecule has 31 heavy (non-hydrogen) atoms. The van der Waals surface area contributed by atoms with Crippen LogP contribution < -0.4 is 10.9 Å². The van der Waals surface area contributed by atoms with E-state index in [1.165, 1.54) is 28.8 Å². The van der Waals surface area contributed by atoms with Gasteiger partial charge in [-0.05, 0) is 49.7 Å². The number of nitrogens with one attached hydrogen (secondary N) is 2. The van der Waals surface area contributed by atoms with Crippen molar-refractivity contribution in [3.63, 3.8) is 0 Å². The number of fused-ring (bicyclic) bond motifs is 1. The molecule has 0 radical (unpaired) electrons. The summed E-state index contributed by atoms with van der Waals surface area (Å²) in [7, 11) is 0. The number of thioether (sulfide) groups is 1. The van der Waals surface area contributed by atoms with Crippen LogP contribution in [0.5, 0.6) is 0 Å². The number of carbonyl (C=O) groups excluding carboxylic acids is 1. The van der Waals surface area contributed by atoms with Crippen LogP contribution in [0.2, 0.25) is 0 Å². The molecule has 158 valence electrons. The zero-order valence-corrected chi connectivity index (χ0v) is 17.9. The van der Waals surface area contributed by atoms with Crippen molar-refractivity contribution >= 4 is 28.7 Å². The lowest BCUT2D eigenvalue weighted by molar-refractivity contribution is -0.119. The standard InChI is InChI=1S/C23H21FN4O2S/c1-14-12-19-21(25-14)22(30)28(18-10-8-17(24)9-11-18)23(27-19)31-13-20(29)26-15(2)16-6-4-3-5-7-16/h3-12,15,25H,13H2,1-2H3,(H,26,29)/t15-/m0/s1. The van der Waals surface area contributed by atoms with Crippen LogP contribution in [0.1, 0.15) is 24.2 Å². The van der Waals surface area contributed by atoms with Gasteiger partial charge in [-0.3, -0.25) is 14.2 Å². The van der Waals surface area contributed by atoms with Gasteiger partial charge in [-0.1, -0.05) is 42.1 Å². The fraction of sp³-hybridized carbons (Fsp3) is 0.174. The SMILES string of the molecule is Cc1cc2nc(SCC(=O)N[C@@H](C)c3ccccc3)n(-c3ccc(F)cc3)c(=O)c2[nH]1. The molecule has 2 N–H and O–H groups in total. The summed E-state index contributed by atoms with van der Waals surface area (Å²) in [5.74, 6) is -0.490. The Morgan fingerprint density at radius 2 is 1.90 bits per heavy atom. The highest BCUT2D eigenvalue weighted by Gasteiger charge is 2.17. The van der Waals surface area contributed by atoms with Crippen molar-refractivity contribution in [2.45, 2.75) is 25.0 Å². The number of rotatable bonds is 6. The molecule has 0 aliphatic heterocycles. The quantitative estimate of drug-likeness (QED) is 0.352. The number of aromatic amines is 1. The molecule has 2 aromatic heterocycles. The van der Waals surface area contributed by atoms with Crippen LogP contribution in [0.15, 0.2) is 70.6 Å². The third-order valence-electron chi connectivity index (χ3n) is 4.85. The largest absolute Gasteiger partial charge is 0.353 e. The van der Waals surface area contributed by atoms with Crippen LogP contribution in [0.25, 0.3) is 16.7 Å². The lowest BCUT2D eigenvalue weighted by Gasteiger charge is -2.15. The Kier molecular flexibility index (Phi) is 5.90. The molecule has 4 aromatic rings. The molecule has 0 aliphatic rings. The van der Waals surface area contributed by atoms with Crippen molar-refractivity contribution in [1.29, 1.82) is 0 Å². The molecule has 0 fully saturated rings. The molecule has 1 amide bonds. The Hall–Kier alpha value is -3.39. The summed E-state index contributed by atoms with van der Waals surface area (Å²) in [6.07, 6.45) is 0. The third kappa shape index (κ3) is 4.54. The van der Waals surface area contributed by atoms with Gasteiger partial charge in [0.15, 0.2) is 5.16 Å². The molecule has 0 bridgehead atoms. The Morgan fingerprint density at radius 3 is 2.61 bits per heavy atom. The van der Waals surface area contributed by atoms with Crippen molar-refractivity contribution in [2.75, 3.05) is 5.75 Å². The predicted molar refractivity (Wildman–Crippen MR) is 120 cm³/mol. The van der Waals surface area contributed by atoms with Gasteiger partial charge in [0.25, 0.3) is 5.56 Å². The first-order valence-electron chi connectivity index (χ1n) is 9.78. The highest BCUT2D eigenvalue weighted by atomic mass is 32.2. The smallest absolute Gasteiger partial charge is 0.283 e. The van der Waals surface area contributed by atoms with Crippen molar-refractivity contribution < 1.29 is 9.18 Å². The summed E-state index contributed by atoms with van der Waals surface area (Å²) < 4.78 is 14.8. The summed E-state index contributed by atoms with van der Waals surface area (Å²) >= 11 is 1.16. The minimum atomic E-state index is -0.398. The molecule has 8 heteroatoms. The minimum absolute atomic E-state index is 0.0831. The second kappa shape index (κ2) is 8.77. The predicted octanol–water partition coefficient (Wildman–Crippen LogP) is 4.13. The zero-order chi connectivity index (χ0) is 22.0. The molecule has 2 heterocycles. The molecule has 0 saturated heterocycles. The van der Waals surface area contributed by atoms with E-state index in [1.54, 1.807) is 6.07 Å². The lowest BCUT2D eigenvalue weighted by atomic mass is 10.1. The molecule has 1 atom stereocenters. The summed E-state index contributed by atoms with van der Waals surface area (Å²) in [5.41, 5.74) is 2.89. The van der Waals surface area contributed by atoms with E-state index in [0.717, 1.165) is 23.0 Å².